The van der Waals surface area contributed by atoms with Crippen LogP contribution in [0.1, 0.15) is 15.9 Å². The molecular formula is C14H11ClN2O4. The third-order valence-electron chi connectivity index (χ3n) is 2.90. The molecule has 0 amide bonds. The van der Waals surface area contributed by atoms with Crippen LogP contribution in [-0.4, -0.2) is 16.0 Å². The van der Waals surface area contributed by atoms with Crippen LogP contribution in [-0.2, 0) is 0 Å². The number of carboxylic acid groups (broad SMARTS) is 1. The predicted octanol–water partition coefficient (Wildman–Crippen LogP) is 4.00. The highest BCUT2D eigenvalue weighted by Gasteiger charge is 2.24. The maximum absolute atomic E-state index is 11.1. The first kappa shape index (κ1) is 14.8. The van der Waals surface area contributed by atoms with Crippen molar-refractivity contribution in [3.8, 4) is 0 Å². The summed E-state index contributed by atoms with van der Waals surface area (Å²) in [5, 5.41) is 23.5. The van der Waals surface area contributed by atoms with Gasteiger partial charge in [0, 0.05) is 10.7 Å². The lowest BCUT2D eigenvalue weighted by Crippen LogP contribution is -2.05. The average Bonchev–Trinajstić information content (AvgIpc) is 2.42. The number of hydrogen-bond donors (Lipinski definition) is 2. The molecule has 2 rings (SSSR count). The fraction of sp³-hybridized carbons (Fsp3) is 0.0714. The zero-order valence-corrected chi connectivity index (χ0v) is 11.7. The zero-order chi connectivity index (χ0) is 15.6. The molecule has 7 heteroatoms. The van der Waals surface area contributed by atoms with Crippen LogP contribution < -0.4 is 5.32 Å². The summed E-state index contributed by atoms with van der Waals surface area (Å²) in [6.45, 7) is 1.83. The highest BCUT2D eigenvalue weighted by Crippen LogP contribution is 2.32. The molecule has 6 nitrogen and oxygen atoms in total. The van der Waals surface area contributed by atoms with E-state index in [0.717, 1.165) is 5.56 Å². The van der Waals surface area contributed by atoms with Gasteiger partial charge < -0.3 is 10.4 Å². The molecule has 2 aromatic carbocycles. The van der Waals surface area contributed by atoms with Crippen LogP contribution in [0, 0.1) is 17.0 Å². The highest BCUT2D eigenvalue weighted by atomic mass is 35.5. The van der Waals surface area contributed by atoms with Gasteiger partial charge in [0.25, 0.3) is 0 Å². The van der Waals surface area contributed by atoms with Gasteiger partial charge in [-0.1, -0.05) is 23.7 Å². The van der Waals surface area contributed by atoms with E-state index in [2.05, 4.69) is 5.32 Å². The van der Waals surface area contributed by atoms with E-state index >= 15 is 0 Å². The Kier molecular flexibility index (Phi) is 4.09. The predicted molar refractivity (Wildman–Crippen MR) is 79.5 cm³/mol. The molecule has 0 unspecified atom stereocenters. The normalized spacial score (nSPS) is 10.2. The number of para-hydroxylation sites is 1. The second-order valence-electron chi connectivity index (χ2n) is 4.35. The summed E-state index contributed by atoms with van der Waals surface area (Å²) in [4.78, 5) is 21.5. The number of anilines is 2. The van der Waals surface area contributed by atoms with Crippen molar-refractivity contribution in [3.05, 3.63) is 62.7 Å². The van der Waals surface area contributed by atoms with Crippen LogP contribution >= 0.6 is 11.6 Å². The molecule has 0 spiro atoms. The first-order valence-corrected chi connectivity index (χ1v) is 6.32. The Labute approximate surface area is 125 Å². The number of nitrogens with one attached hydrogen (secondary N) is 1. The van der Waals surface area contributed by atoms with E-state index in [1.54, 1.807) is 18.2 Å². The van der Waals surface area contributed by atoms with Crippen LogP contribution in [0.3, 0.4) is 0 Å². The van der Waals surface area contributed by atoms with E-state index in [0.29, 0.717) is 10.7 Å². The SMILES string of the molecule is Cc1ccc(Nc2cccc(C(=O)O)c2[N+](=O)[O-])cc1Cl. The van der Waals surface area contributed by atoms with Gasteiger partial charge in [-0.25, -0.2) is 4.79 Å². The Balaban J connectivity index is 2.48. The standard InChI is InChI=1S/C14H11ClN2O4/c1-8-5-6-9(7-11(8)15)16-12-4-2-3-10(14(18)19)13(12)17(20)21/h2-7,16H,1H3,(H,18,19). The number of aromatic carboxylic acids is 1. The Hall–Kier alpha value is -2.60. The van der Waals surface area contributed by atoms with Crippen LogP contribution in [0.5, 0.6) is 0 Å². The van der Waals surface area contributed by atoms with Crippen molar-refractivity contribution in [3.63, 3.8) is 0 Å². The number of carboxylic acids is 1. The number of halogens is 1. The molecule has 0 fully saturated rings. The maximum atomic E-state index is 11.1. The Bertz CT molecular complexity index is 731. The van der Waals surface area contributed by atoms with Gasteiger partial charge in [-0.3, -0.25) is 10.1 Å². The lowest BCUT2D eigenvalue weighted by Gasteiger charge is -2.09. The molecule has 0 aliphatic rings. The Morgan fingerprint density at radius 3 is 2.62 bits per heavy atom. The van der Waals surface area contributed by atoms with E-state index in [1.165, 1.54) is 18.2 Å². The Morgan fingerprint density at radius 1 is 1.33 bits per heavy atom. The van der Waals surface area contributed by atoms with Crippen LogP contribution in [0.4, 0.5) is 17.1 Å². The molecule has 0 atom stereocenters. The number of carbonyl (C=O) groups is 1. The highest BCUT2D eigenvalue weighted by molar-refractivity contribution is 6.31. The zero-order valence-electron chi connectivity index (χ0n) is 11.0. The monoisotopic (exact) mass is 306 g/mol. The molecule has 0 aliphatic heterocycles. The number of nitrogens with zero attached hydrogens (tertiary/aromatic N) is 1. The molecule has 0 heterocycles. The maximum Gasteiger partial charge on any atom is 0.342 e. The summed E-state index contributed by atoms with van der Waals surface area (Å²) < 4.78 is 0. The van der Waals surface area contributed by atoms with Crippen molar-refractivity contribution in [1.82, 2.24) is 0 Å². The van der Waals surface area contributed by atoms with E-state index in [9.17, 15) is 14.9 Å². The van der Waals surface area contributed by atoms with Crippen molar-refractivity contribution in [2.24, 2.45) is 0 Å². The van der Waals surface area contributed by atoms with Gasteiger partial charge in [-0.15, -0.1) is 0 Å². The third-order valence-corrected chi connectivity index (χ3v) is 3.31. The van der Waals surface area contributed by atoms with Gasteiger partial charge in [-0.2, -0.15) is 0 Å². The first-order chi connectivity index (χ1) is 9.90. The molecular weight excluding hydrogens is 296 g/mol. The summed E-state index contributed by atoms with van der Waals surface area (Å²) in [7, 11) is 0. The van der Waals surface area contributed by atoms with Crippen molar-refractivity contribution < 1.29 is 14.8 Å². The summed E-state index contributed by atoms with van der Waals surface area (Å²) in [6.07, 6.45) is 0. The lowest BCUT2D eigenvalue weighted by atomic mass is 10.1. The van der Waals surface area contributed by atoms with Crippen molar-refractivity contribution in [1.29, 1.82) is 0 Å². The van der Waals surface area contributed by atoms with Crippen molar-refractivity contribution in [2.75, 3.05) is 5.32 Å². The van der Waals surface area contributed by atoms with Crippen LogP contribution in [0.25, 0.3) is 0 Å². The van der Waals surface area contributed by atoms with Gasteiger partial charge in [0.2, 0.25) is 0 Å². The number of nitro benzene ring substituents is 1. The first-order valence-electron chi connectivity index (χ1n) is 5.94. The number of rotatable bonds is 4. The molecule has 0 aromatic heterocycles. The van der Waals surface area contributed by atoms with E-state index in [1.807, 2.05) is 6.92 Å². The van der Waals surface area contributed by atoms with E-state index in [4.69, 9.17) is 16.7 Å². The fourth-order valence-electron chi connectivity index (χ4n) is 1.84. The molecule has 2 aromatic rings. The number of nitro groups is 1. The van der Waals surface area contributed by atoms with Gasteiger partial charge >= 0.3 is 11.7 Å². The Morgan fingerprint density at radius 2 is 2.05 bits per heavy atom. The summed E-state index contributed by atoms with van der Waals surface area (Å²) in [5.41, 5.74) is 0.650. The second kappa shape index (κ2) is 5.80. The summed E-state index contributed by atoms with van der Waals surface area (Å²) in [6, 6.07) is 9.16. The number of hydrogen-bond acceptors (Lipinski definition) is 4. The number of aryl methyl sites for hydroxylation is 1. The van der Waals surface area contributed by atoms with Crippen LogP contribution in [0.15, 0.2) is 36.4 Å². The largest absolute Gasteiger partial charge is 0.477 e. The quantitative estimate of drug-likeness (QED) is 0.658. The van der Waals surface area contributed by atoms with Crippen molar-refractivity contribution in [2.45, 2.75) is 6.92 Å². The van der Waals surface area contributed by atoms with Crippen molar-refractivity contribution >= 4 is 34.6 Å². The minimum atomic E-state index is -1.35. The van der Waals surface area contributed by atoms with E-state index in [-0.39, 0.29) is 11.3 Å². The molecule has 21 heavy (non-hydrogen) atoms. The number of benzene rings is 2. The molecule has 0 radical (unpaired) electrons. The lowest BCUT2D eigenvalue weighted by molar-refractivity contribution is -0.384. The smallest absolute Gasteiger partial charge is 0.342 e. The minimum Gasteiger partial charge on any atom is -0.477 e. The molecule has 108 valence electrons. The van der Waals surface area contributed by atoms with Gasteiger partial charge in [0.15, 0.2) is 0 Å². The average molecular weight is 307 g/mol. The molecule has 2 N–H and O–H groups in total. The summed E-state index contributed by atoms with van der Waals surface area (Å²) in [5.74, 6) is -1.35. The van der Waals surface area contributed by atoms with Gasteiger partial charge in [-0.05, 0) is 36.8 Å². The molecule has 0 saturated carbocycles. The summed E-state index contributed by atoms with van der Waals surface area (Å²) >= 11 is 6.00. The topological polar surface area (TPSA) is 92.5 Å². The minimum absolute atomic E-state index is 0.0971. The van der Waals surface area contributed by atoms with E-state index < -0.39 is 16.6 Å². The third kappa shape index (κ3) is 3.11. The van der Waals surface area contributed by atoms with Gasteiger partial charge in [0.1, 0.15) is 11.3 Å². The van der Waals surface area contributed by atoms with Gasteiger partial charge in [0.05, 0.1) is 4.92 Å². The molecule has 0 saturated heterocycles. The van der Waals surface area contributed by atoms with Crippen LogP contribution in [0.2, 0.25) is 5.02 Å². The molecule has 0 aliphatic carbocycles. The fourth-order valence-corrected chi connectivity index (χ4v) is 2.02. The second-order valence-corrected chi connectivity index (χ2v) is 4.76. The molecule has 0 bridgehead atoms.